The van der Waals surface area contributed by atoms with Crippen LogP contribution in [0.5, 0.6) is 0 Å². The van der Waals surface area contributed by atoms with Crippen molar-refractivity contribution in [2.75, 3.05) is 25.2 Å². The van der Waals surface area contributed by atoms with E-state index in [1.54, 1.807) is 32.0 Å². The molecule has 0 saturated carbocycles. The van der Waals surface area contributed by atoms with Crippen molar-refractivity contribution in [2.24, 2.45) is 11.3 Å². The predicted octanol–water partition coefficient (Wildman–Crippen LogP) is 7.81. The van der Waals surface area contributed by atoms with Gasteiger partial charge in [-0.1, -0.05) is 96.5 Å². The predicted molar refractivity (Wildman–Crippen MR) is 184 cm³/mol. The number of hydrogen-bond donors (Lipinski definition) is 0. The molecule has 2 atom stereocenters. The molecule has 0 unspecified atom stereocenters. The number of benzene rings is 2. The van der Waals surface area contributed by atoms with Gasteiger partial charge in [0.1, 0.15) is 12.4 Å². The number of ether oxygens (including phenoxy) is 2. The maximum Gasteiger partial charge on any atom is 0.316 e. The summed E-state index contributed by atoms with van der Waals surface area (Å²) in [7, 11) is -4.18. The molecular weight excluding hydrogens is 624 g/mol. The van der Waals surface area contributed by atoms with Crippen LogP contribution in [-0.2, 0) is 51.8 Å². The van der Waals surface area contributed by atoms with E-state index < -0.39 is 52.7 Å². The van der Waals surface area contributed by atoms with Crippen LogP contribution in [0.15, 0.2) is 48.5 Å². The largest absolute Gasteiger partial charge is 0.469 e. The molecule has 0 aliphatic rings. The van der Waals surface area contributed by atoms with E-state index in [2.05, 4.69) is 33.9 Å². The Hall–Kier alpha value is -2.56. The second-order valence-electron chi connectivity index (χ2n) is 15.0. The Morgan fingerprint density at radius 3 is 2.15 bits per heavy atom. The molecule has 0 heterocycles. The van der Waals surface area contributed by atoms with Crippen LogP contribution in [0.3, 0.4) is 0 Å². The van der Waals surface area contributed by atoms with Gasteiger partial charge < -0.3 is 13.9 Å². The zero-order valence-electron chi connectivity index (χ0n) is 29.5. The fourth-order valence-corrected chi connectivity index (χ4v) is 8.32. The third kappa shape index (κ3) is 11.3. The van der Waals surface area contributed by atoms with Crippen LogP contribution in [0.2, 0.25) is 18.1 Å². The maximum absolute atomic E-state index is 16.1. The molecule has 0 saturated heterocycles. The van der Waals surface area contributed by atoms with Crippen LogP contribution in [-0.4, -0.2) is 53.9 Å². The Morgan fingerprint density at radius 2 is 1.57 bits per heavy atom. The third-order valence-corrected chi connectivity index (χ3v) is 15.8. The van der Waals surface area contributed by atoms with E-state index in [0.717, 1.165) is 5.56 Å². The second-order valence-corrected chi connectivity index (χ2v) is 22.0. The van der Waals surface area contributed by atoms with Gasteiger partial charge in [-0.3, -0.25) is 9.59 Å². The monoisotopic (exact) mass is 678 g/mol. The second kappa shape index (κ2) is 16.0. The van der Waals surface area contributed by atoms with E-state index in [4.69, 9.17) is 13.9 Å². The number of hydrogen-bond acceptors (Lipinski definition) is 7. The molecule has 46 heavy (non-hydrogen) atoms. The van der Waals surface area contributed by atoms with Crippen LogP contribution in [0.25, 0.3) is 0 Å². The zero-order chi connectivity index (χ0) is 35.0. The maximum atomic E-state index is 16.1. The van der Waals surface area contributed by atoms with E-state index in [-0.39, 0.29) is 48.2 Å². The lowest BCUT2D eigenvalue weighted by molar-refractivity contribution is -0.152. The summed E-state index contributed by atoms with van der Waals surface area (Å²) in [5.74, 6) is -2.21. The molecule has 0 amide bonds. The molecular formula is C36H55FO7SSi. The van der Waals surface area contributed by atoms with E-state index in [1.807, 2.05) is 44.2 Å². The molecule has 2 aromatic carbocycles. The quantitative estimate of drug-likeness (QED) is 0.124. The number of sulfone groups is 1. The number of methoxy groups -OCH3 is 1. The fraction of sp³-hybridized carbons (Fsp3) is 0.611. The standard InChI is InChI=1S/C36H55FO7SSi/c1-27(32(38)42-8)24-29-18-14-19-30(31(29)37)36(7,33(39)43-25-28-16-12-11-13-17-28)21-15-20-35(5,6)26-45(40,41)23-22-44-46(9,10)34(2,3)4/h11-14,16-19,27H,15,20-26H2,1-10H3/t27-,36+/m0/s1. The minimum atomic E-state index is -3.41. The molecule has 0 bridgehead atoms. The third-order valence-electron chi connectivity index (χ3n) is 9.27. The van der Waals surface area contributed by atoms with Gasteiger partial charge in [-0.15, -0.1) is 0 Å². The average molecular weight is 679 g/mol. The number of carbonyl (C=O) groups excluding carboxylic acids is 2. The van der Waals surface area contributed by atoms with Crippen LogP contribution in [0, 0.1) is 17.2 Å². The molecule has 0 spiro atoms. The lowest BCUT2D eigenvalue weighted by Crippen LogP contribution is -2.42. The highest BCUT2D eigenvalue weighted by Crippen LogP contribution is 2.38. The fourth-order valence-electron chi connectivity index (χ4n) is 5.31. The first-order valence-corrected chi connectivity index (χ1v) is 20.8. The van der Waals surface area contributed by atoms with Gasteiger partial charge >= 0.3 is 11.9 Å². The van der Waals surface area contributed by atoms with Gasteiger partial charge in [0.05, 0.1) is 29.9 Å². The van der Waals surface area contributed by atoms with Crippen molar-refractivity contribution in [3.8, 4) is 0 Å². The van der Waals surface area contributed by atoms with Gasteiger partial charge in [0.2, 0.25) is 0 Å². The normalized spacial score (nSPS) is 14.8. The van der Waals surface area contributed by atoms with Gasteiger partial charge in [0.25, 0.3) is 0 Å². The van der Waals surface area contributed by atoms with Gasteiger partial charge in [-0.05, 0) is 60.9 Å². The number of rotatable bonds is 17. The van der Waals surface area contributed by atoms with Gasteiger partial charge in [-0.2, -0.15) is 0 Å². The summed E-state index contributed by atoms with van der Waals surface area (Å²) < 4.78 is 59.0. The van der Waals surface area contributed by atoms with E-state index in [9.17, 15) is 18.0 Å². The molecule has 0 aliphatic carbocycles. The number of halogens is 1. The summed E-state index contributed by atoms with van der Waals surface area (Å²) in [5.41, 5.74) is -0.628. The Labute approximate surface area is 277 Å². The minimum absolute atomic E-state index is 0.0104. The SMILES string of the molecule is COC(=O)[C@@H](C)Cc1cccc([C@@](C)(CCCC(C)(C)CS(=O)(=O)CCO[Si](C)(C)C(C)(C)C)C(=O)OCc2ccccc2)c1F. The Balaban J connectivity index is 2.24. The van der Waals surface area contributed by atoms with Crippen LogP contribution in [0.1, 0.15) is 84.4 Å². The Kier molecular flexibility index (Phi) is 13.8. The first-order chi connectivity index (χ1) is 21.1. The summed E-state index contributed by atoms with van der Waals surface area (Å²) in [6.45, 7) is 17.9. The highest BCUT2D eigenvalue weighted by molar-refractivity contribution is 7.91. The first kappa shape index (κ1) is 39.6. The van der Waals surface area contributed by atoms with Crippen molar-refractivity contribution in [1.82, 2.24) is 0 Å². The molecule has 258 valence electrons. The number of carbonyl (C=O) groups is 2. The summed E-state index contributed by atoms with van der Waals surface area (Å²) in [6, 6.07) is 14.1. The van der Waals surface area contributed by atoms with Gasteiger partial charge in [0.15, 0.2) is 18.2 Å². The van der Waals surface area contributed by atoms with Crippen molar-refractivity contribution >= 4 is 30.1 Å². The number of esters is 2. The molecule has 0 N–H and O–H groups in total. The Morgan fingerprint density at radius 1 is 0.935 bits per heavy atom. The van der Waals surface area contributed by atoms with Crippen molar-refractivity contribution in [3.05, 3.63) is 71.0 Å². The van der Waals surface area contributed by atoms with E-state index in [1.165, 1.54) is 7.11 Å². The molecule has 2 aromatic rings. The highest BCUT2D eigenvalue weighted by Gasteiger charge is 2.41. The molecule has 10 heteroatoms. The molecule has 0 fully saturated rings. The van der Waals surface area contributed by atoms with Crippen molar-refractivity contribution in [1.29, 1.82) is 0 Å². The van der Waals surface area contributed by atoms with Crippen LogP contribution in [0.4, 0.5) is 4.39 Å². The lowest BCUT2D eigenvalue weighted by Gasteiger charge is -2.36. The molecule has 2 rings (SSSR count). The van der Waals surface area contributed by atoms with Gasteiger partial charge in [0, 0.05) is 12.2 Å². The van der Waals surface area contributed by atoms with E-state index in [0.29, 0.717) is 18.4 Å². The smallest absolute Gasteiger partial charge is 0.316 e. The molecule has 7 nitrogen and oxygen atoms in total. The minimum Gasteiger partial charge on any atom is -0.469 e. The molecule has 0 radical (unpaired) electrons. The topological polar surface area (TPSA) is 96.0 Å². The summed E-state index contributed by atoms with van der Waals surface area (Å²) in [6.07, 6.45) is 1.32. The highest BCUT2D eigenvalue weighted by atomic mass is 32.2. The van der Waals surface area contributed by atoms with Gasteiger partial charge in [-0.25, -0.2) is 12.8 Å². The summed E-state index contributed by atoms with van der Waals surface area (Å²) in [5, 5.41) is -0.0104. The average Bonchev–Trinajstić information content (AvgIpc) is 2.95. The van der Waals surface area contributed by atoms with E-state index >= 15 is 4.39 Å². The Bertz CT molecular complexity index is 1420. The van der Waals surface area contributed by atoms with Crippen LogP contribution >= 0.6 is 0 Å². The van der Waals surface area contributed by atoms with Crippen molar-refractivity contribution in [2.45, 2.75) is 104 Å². The van der Waals surface area contributed by atoms with Crippen molar-refractivity contribution < 1.29 is 36.3 Å². The lowest BCUT2D eigenvalue weighted by atomic mass is 9.75. The summed E-state index contributed by atoms with van der Waals surface area (Å²) in [4.78, 5) is 25.8. The molecule has 0 aliphatic heterocycles. The van der Waals surface area contributed by atoms with Crippen LogP contribution < -0.4 is 0 Å². The zero-order valence-corrected chi connectivity index (χ0v) is 31.3. The molecule has 0 aromatic heterocycles. The van der Waals surface area contributed by atoms with Crippen molar-refractivity contribution in [3.63, 3.8) is 0 Å². The summed E-state index contributed by atoms with van der Waals surface area (Å²) >= 11 is 0. The first-order valence-electron chi connectivity index (χ1n) is 16.1.